The molecule has 0 bridgehead atoms. The van der Waals surface area contributed by atoms with Gasteiger partial charge in [0, 0.05) is 33.1 Å². The van der Waals surface area contributed by atoms with Gasteiger partial charge >= 0.3 is 5.92 Å². The van der Waals surface area contributed by atoms with Crippen molar-refractivity contribution in [1.29, 1.82) is 0 Å². The van der Waals surface area contributed by atoms with Gasteiger partial charge in [0.15, 0.2) is 5.65 Å². The van der Waals surface area contributed by atoms with Crippen LogP contribution in [0.2, 0.25) is 0 Å². The van der Waals surface area contributed by atoms with E-state index in [4.69, 9.17) is 0 Å². The zero-order valence-electron chi connectivity index (χ0n) is 11.4. The lowest BCUT2D eigenvalue weighted by Gasteiger charge is -2.33. The highest BCUT2D eigenvalue weighted by atomic mass is 19.3. The second-order valence-electron chi connectivity index (χ2n) is 5.16. The molecule has 3 rings (SSSR count). The molecule has 6 nitrogen and oxygen atoms in total. The van der Waals surface area contributed by atoms with Crippen LogP contribution >= 0.6 is 0 Å². The van der Waals surface area contributed by atoms with E-state index < -0.39 is 11.7 Å². The van der Waals surface area contributed by atoms with E-state index in [1.807, 2.05) is 0 Å². The number of hydrogen-bond donors (Lipinski definition) is 0. The highest BCUT2D eigenvalue weighted by molar-refractivity contribution is 5.46. The van der Waals surface area contributed by atoms with Crippen LogP contribution in [0.4, 0.5) is 14.6 Å². The summed E-state index contributed by atoms with van der Waals surface area (Å²) in [5.74, 6) is -2.81. The molecule has 2 aromatic heterocycles. The van der Waals surface area contributed by atoms with E-state index in [1.54, 1.807) is 12.1 Å². The Hall–Kier alpha value is -1.83. The van der Waals surface area contributed by atoms with Crippen LogP contribution in [-0.2, 0) is 5.92 Å². The predicted octanol–water partition coefficient (Wildman–Crippen LogP) is 0.988. The van der Waals surface area contributed by atoms with Gasteiger partial charge < -0.3 is 9.80 Å². The summed E-state index contributed by atoms with van der Waals surface area (Å²) >= 11 is 0. The molecule has 1 aliphatic heterocycles. The van der Waals surface area contributed by atoms with Crippen molar-refractivity contribution < 1.29 is 8.78 Å². The highest BCUT2D eigenvalue weighted by Crippen LogP contribution is 2.25. The van der Waals surface area contributed by atoms with Crippen LogP contribution < -0.4 is 4.90 Å². The number of alkyl halides is 2. The summed E-state index contributed by atoms with van der Waals surface area (Å²) in [6.07, 6.45) is 0. The summed E-state index contributed by atoms with van der Waals surface area (Å²) in [4.78, 5) is 4.30. The molecule has 2 aromatic rings. The zero-order chi connectivity index (χ0) is 14.3. The number of piperazine rings is 1. The van der Waals surface area contributed by atoms with Gasteiger partial charge in [-0.05, 0) is 19.2 Å². The van der Waals surface area contributed by atoms with Gasteiger partial charge in [0.25, 0.3) is 0 Å². The van der Waals surface area contributed by atoms with Crippen molar-refractivity contribution in [2.24, 2.45) is 0 Å². The predicted molar refractivity (Wildman–Crippen MR) is 70.1 cm³/mol. The van der Waals surface area contributed by atoms with Crippen molar-refractivity contribution >= 4 is 11.5 Å². The van der Waals surface area contributed by atoms with Gasteiger partial charge in [0.2, 0.25) is 5.82 Å². The first-order valence-corrected chi connectivity index (χ1v) is 6.49. The van der Waals surface area contributed by atoms with E-state index in [9.17, 15) is 8.78 Å². The molecular formula is C12H16F2N6. The van der Waals surface area contributed by atoms with E-state index in [0.717, 1.165) is 37.6 Å². The summed E-state index contributed by atoms with van der Waals surface area (Å²) in [6.45, 7) is 4.31. The van der Waals surface area contributed by atoms with Crippen LogP contribution in [0.1, 0.15) is 12.7 Å². The Balaban J connectivity index is 1.97. The van der Waals surface area contributed by atoms with Gasteiger partial charge in [-0.3, -0.25) is 0 Å². The summed E-state index contributed by atoms with van der Waals surface area (Å²) in [6, 6.07) is 3.47. The quantitative estimate of drug-likeness (QED) is 0.822. The number of likely N-dealkylation sites (N-methyl/N-ethyl adjacent to an activating group) is 1. The van der Waals surface area contributed by atoms with Gasteiger partial charge in [-0.2, -0.15) is 13.3 Å². The molecule has 0 amide bonds. The van der Waals surface area contributed by atoms with Crippen LogP contribution in [0.5, 0.6) is 0 Å². The molecule has 0 radical (unpaired) electrons. The lowest BCUT2D eigenvalue weighted by molar-refractivity contribution is 0.00563. The standard InChI is InChI=1S/C12H16F2N6/c1-12(13,14)11-16-15-9-3-4-10(17-20(9)11)19-7-5-18(2)6-8-19/h3-4H,5-8H2,1-2H3. The Labute approximate surface area is 115 Å². The molecule has 20 heavy (non-hydrogen) atoms. The zero-order valence-corrected chi connectivity index (χ0v) is 11.4. The number of halogens is 2. The van der Waals surface area contributed by atoms with Crippen LogP contribution in [0, 0.1) is 0 Å². The molecule has 0 atom stereocenters. The van der Waals surface area contributed by atoms with Gasteiger partial charge in [-0.1, -0.05) is 0 Å². The van der Waals surface area contributed by atoms with Gasteiger partial charge in [0.1, 0.15) is 5.82 Å². The van der Waals surface area contributed by atoms with E-state index in [-0.39, 0.29) is 0 Å². The van der Waals surface area contributed by atoms with Crippen molar-refractivity contribution in [1.82, 2.24) is 24.7 Å². The number of rotatable bonds is 2. The van der Waals surface area contributed by atoms with Crippen molar-refractivity contribution in [2.75, 3.05) is 38.1 Å². The third kappa shape index (κ3) is 2.31. The molecule has 108 valence electrons. The molecule has 0 saturated carbocycles. The summed E-state index contributed by atoms with van der Waals surface area (Å²) in [5, 5.41) is 11.5. The first kappa shape index (κ1) is 13.2. The maximum Gasteiger partial charge on any atom is 0.305 e. The highest BCUT2D eigenvalue weighted by Gasteiger charge is 2.32. The largest absolute Gasteiger partial charge is 0.353 e. The second kappa shape index (κ2) is 4.62. The summed E-state index contributed by atoms with van der Waals surface area (Å²) in [7, 11) is 2.06. The molecule has 8 heteroatoms. The van der Waals surface area contributed by atoms with Gasteiger partial charge in [0.05, 0.1) is 0 Å². The lowest BCUT2D eigenvalue weighted by Crippen LogP contribution is -2.45. The fourth-order valence-corrected chi connectivity index (χ4v) is 2.26. The van der Waals surface area contributed by atoms with E-state index >= 15 is 0 Å². The van der Waals surface area contributed by atoms with E-state index in [1.165, 1.54) is 0 Å². The van der Waals surface area contributed by atoms with Gasteiger partial charge in [-0.25, -0.2) is 0 Å². The maximum atomic E-state index is 13.5. The Bertz CT molecular complexity index is 612. The van der Waals surface area contributed by atoms with Crippen molar-refractivity contribution in [3.63, 3.8) is 0 Å². The third-order valence-corrected chi connectivity index (χ3v) is 3.47. The van der Waals surface area contributed by atoms with Crippen LogP contribution in [-0.4, -0.2) is 57.9 Å². The number of aromatic nitrogens is 4. The SMILES string of the molecule is CN1CCN(c2ccc3nnc(C(C)(F)F)n3n2)CC1. The van der Waals surface area contributed by atoms with Crippen LogP contribution in [0.15, 0.2) is 12.1 Å². The first-order valence-electron chi connectivity index (χ1n) is 6.49. The molecule has 0 unspecified atom stereocenters. The number of nitrogens with zero attached hydrogens (tertiary/aromatic N) is 6. The fraction of sp³-hybridized carbons (Fsp3) is 0.583. The Morgan fingerprint density at radius 1 is 1.10 bits per heavy atom. The molecule has 3 heterocycles. The van der Waals surface area contributed by atoms with E-state index in [0.29, 0.717) is 11.5 Å². The van der Waals surface area contributed by atoms with Gasteiger partial charge in [-0.15, -0.1) is 15.3 Å². The van der Waals surface area contributed by atoms with Crippen molar-refractivity contribution in [2.45, 2.75) is 12.8 Å². The monoisotopic (exact) mass is 282 g/mol. The van der Waals surface area contributed by atoms with Crippen molar-refractivity contribution in [3.05, 3.63) is 18.0 Å². The molecule has 0 N–H and O–H groups in total. The summed E-state index contributed by atoms with van der Waals surface area (Å²) in [5.41, 5.74) is 0.333. The Kier molecular flexibility index (Phi) is 3.04. The third-order valence-electron chi connectivity index (χ3n) is 3.47. The minimum Gasteiger partial charge on any atom is -0.353 e. The lowest BCUT2D eigenvalue weighted by atomic mass is 10.3. The minimum absolute atomic E-state index is 0.333. The topological polar surface area (TPSA) is 49.6 Å². The molecule has 1 fully saturated rings. The smallest absolute Gasteiger partial charge is 0.305 e. The number of fused-ring (bicyclic) bond motifs is 1. The number of hydrogen-bond acceptors (Lipinski definition) is 5. The normalized spacial score (nSPS) is 17.9. The van der Waals surface area contributed by atoms with E-state index in [2.05, 4.69) is 32.1 Å². The second-order valence-corrected chi connectivity index (χ2v) is 5.16. The molecule has 1 saturated heterocycles. The molecule has 1 aliphatic rings. The maximum absolute atomic E-state index is 13.5. The Morgan fingerprint density at radius 2 is 1.80 bits per heavy atom. The number of anilines is 1. The fourth-order valence-electron chi connectivity index (χ4n) is 2.26. The van der Waals surface area contributed by atoms with Crippen molar-refractivity contribution in [3.8, 4) is 0 Å². The molecule has 0 aliphatic carbocycles. The summed E-state index contributed by atoms with van der Waals surface area (Å²) < 4.78 is 28.1. The minimum atomic E-state index is -3.06. The molecular weight excluding hydrogens is 266 g/mol. The first-order chi connectivity index (χ1) is 9.45. The molecule has 0 spiro atoms. The average Bonchev–Trinajstić information content (AvgIpc) is 2.82. The van der Waals surface area contributed by atoms with Crippen LogP contribution in [0.3, 0.4) is 0 Å². The Morgan fingerprint density at radius 3 is 2.45 bits per heavy atom. The average molecular weight is 282 g/mol. The van der Waals surface area contributed by atoms with Crippen LogP contribution in [0.25, 0.3) is 5.65 Å². The molecule has 0 aromatic carbocycles.